The zero-order chi connectivity index (χ0) is 21.4. The number of thiophene rings is 1. The highest BCUT2D eigenvalue weighted by Crippen LogP contribution is 2.37. The van der Waals surface area contributed by atoms with Crippen LogP contribution in [0.25, 0.3) is 10.7 Å². The van der Waals surface area contributed by atoms with Crippen molar-refractivity contribution < 1.29 is 4.79 Å². The summed E-state index contributed by atoms with van der Waals surface area (Å²) in [6.45, 7) is 3.95. The van der Waals surface area contributed by atoms with Gasteiger partial charge in [-0.1, -0.05) is 54.1 Å². The van der Waals surface area contributed by atoms with Gasteiger partial charge in [0.1, 0.15) is 6.04 Å². The Morgan fingerprint density at radius 3 is 2.65 bits per heavy atom. The number of anilines is 2. The first-order chi connectivity index (χ1) is 15.1. The molecule has 5 rings (SSSR count). The lowest BCUT2D eigenvalue weighted by molar-refractivity contribution is -0.113. The van der Waals surface area contributed by atoms with E-state index in [4.69, 9.17) is 10.1 Å². The van der Waals surface area contributed by atoms with Gasteiger partial charge in [0.25, 0.3) is 5.91 Å². The van der Waals surface area contributed by atoms with Crippen molar-refractivity contribution in [2.75, 3.05) is 10.6 Å². The van der Waals surface area contributed by atoms with Crippen LogP contribution < -0.4 is 10.6 Å². The number of hydrogen-bond donors (Lipinski definition) is 2. The lowest BCUT2D eigenvalue weighted by atomic mass is 9.94. The molecular weight excluding hydrogens is 406 g/mol. The van der Waals surface area contributed by atoms with Crippen LogP contribution in [-0.2, 0) is 4.79 Å². The fourth-order valence-corrected chi connectivity index (χ4v) is 4.48. The average Bonchev–Trinajstić information content (AvgIpc) is 3.43. The van der Waals surface area contributed by atoms with Crippen LogP contribution in [0.3, 0.4) is 0 Å². The normalized spacial score (nSPS) is 15.4. The summed E-state index contributed by atoms with van der Waals surface area (Å²) in [5.74, 6) is 1.11. The predicted molar refractivity (Wildman–Crippen MR) is 124 cm³/mol. The van der Waals surface area contributed by atoms with Crippen molar-refractivity contribution in [1.82, 2.24) is 14.8 Å². The van der Waals surface area contributed by atoms with E-state index in [1.807, 2.05) is 84.6 Å². The van der Waals surface area contributed by atoms with Gasteiger partial charge in [0.15, 0.2) is 5.82 Å². The van der Waals surface area contributed by atoms with E-state index in [1.165, 1.54) is 0 Å². The molecule has 7 heteroatoms. The Bertz CT molecular complexity index is 1270. The molecule has 154 valence electrons. The van der Waals surface area contributed by atoms with Gasteiger partial charge >= 0.3 is 0 Å². The molecule has 0 radical (unpaired) electrons. The first-order valence-corrected chi connectivity index (χ1v) is 10.9. The molecule has 1 atom stereocenters. The Kier molecular flexibility index (Phi) is 4.88. The smallest absolute Gasteiger partial charge is 0.255 e. The molecule has 1 aliphatic heterocycles. The highest BCUT2D eigenvalue weighted by atomic mass is 32.1. The molecule has 0 saturated carbocycles. The van der Waals surface area contributed by atoms with E-state index < -0.39 is 0 Å². The SMILES string of the molecule is CC1=C(C(=O)Nc2ccccc2)C(c2cccc(C)c2)n2nc(-c3cccs3)nc2N1. The van der Waals surface area contributed by atoms with Gasteiger partial charge in [-0.2, -0.15) is 4.98 Å². The molecule has 4 aromatic rings. The van der Waals surface area contributed by atoms with E-state index in [1.54, 1.807) is 11.3 Å². The first kappa shape index (κ1) is 19.3. The van der Waals surface area contributed by atoms with E-state index in [9.17, 15) is 4.79 Å². The topological polar surface area (TPSA) is 71.8 Å². The van der Waals surface area contributed by atoms with Gasteiger partial charge in [0.05, 0.1) is 10.5 Å². The zero-order valence-corrected chi connectivity index (χ0v) is 18.0. The Hall–Kier alpha value is -3.71. The highest BCUT2D eigenvalue weighted by Gasteiger charge is 2.34. The molecule has 0 bridgehead atoms. The van der Waals surface area contributed by atoms with Crippen LogP contribution in [0.2, 0.25) is 0 Å². The van der Waals surface area contributed by atoms with Gasteiger partial charge in [0.2, 0.25) is 5.95 Å². The number of fused-ring (bicyclic) bond motifs is 1. The van der Waals surface area contributed by atoms with Crippen molar-refractivity contribution in [2.45, 2.75) is 19.9 Å². The average molecular weight is 428 g/mol. The van der Waals surface area contributed by atoms with Gasteiger partial charge in [-0.15, -0.1) is 16.4 Å². The second-order valence-electron chi connectivity index (χ2n) is 7.48. The number of carbonyl (C=O) groups is 1. The van der Waals surface area contributed by atoms with Gasteiger partial charge in [0, 0.05) is 11.4 Å². The van der Waals surface area contributed by atoms with Crippen LogP contribution in [0.1, 0.15) is 24.1 Å². The minimum Gasteiger partial charge on any atom is -0.328 e. The first-order valence-electron chi connectivity index (χ1n) is 10.0. The molecule has 2 N–H and O–H groups in total. The number of aromatic nitrogens is 3. The lowest BCUT2D eigenvalue weighted by Crippen LogP contribution is -2.31. The number of nitrogens with zero attached hydrogens (tertiary/aromatic N) is 3. The third kappa shape index (κ3) is 3.64. The summed E-state index contributed by atoms with van der Waals surface area (Å²) < 4.78 is 1.82. The van der Waals surface area contributed by atoms with E-state index in [-0.39, 0.29) is 11.9 Å². The van der Waals surface area contributed by atoms with E-state index in [2.05, 4.69) is 16.7 Å². The molecule has 2 aromatic carbocycles. The summed E-state index contributed by atoms with van der Waals surface area (Å²) in [6, 6.07) is 21.2. The molecule has 3 heterocycles. The third-order valence-electron chi connectivity index (χ3n) is 5.23. The summed E-state index contributed by atoms with van der Waals surface area (Å²) >= 11 is 1.59. The summed E-state index contributed by atoms with van der Waals surface area (Å²) in [5.41, 5.74) is 4.24. The van der Waals surface area contributed by atoms with Crippen LogP contribution in [0, 0.1) is 6.92 Å². The number of allylic oxidation sites excluding steroid dienone is 1. The number of nitrogens with one attached hydrogen (secondary N) is 2. The molecule has 2 aromatic heterocycles. The van der Waals surface area contributed by atoms with Crippen LogP contribution in [0.5, 0.6) is 0 Å². The minimum absolute atomic E-state index is 0.165. The number of hydrogen-bond acceptors (Lipinski definition) is 5. The van der Waals surface area contributed by atoms with Crippen LogP contribution in [-0.4, -0.2) is 20.7 Å². The standard InChI is InChI=1S/C24H21N5OS/c1-15-8-6-9-17(14-15)21-20(23(30)26-18-10-4-3-5-11-18)16(2)25-24-27-22(28-29(21)24)19-12-7-13-31-19/h3-14,21H,1-2H3,(H,26,30)(H,25,27,28). The fourth-order valence-electron chi connectivity index (χ4n) is 3.82. The Morgan fingerprint density at radius 2 is 1.90 bits per heavy atom. The van der Waals surface area contributed by atoms with Crippen molar-refractivity contribution in [3.8, 4) is 10.7 Å². The maximum absolute atomic E-state index is 13.4. The maximum Gasteiger partial charge on any atom is 0.255 e. The number of para-hydroxylation sites is 1. The number of benzene rings is 2. The zero-order valence-electron chi connectivity index (χ0n) is 17.2. The third-order valence-corrected chi connectivity index (χ3v) is 6.09. The Balaban J connectivity index is 1.62. The van der Waals surface area contributed by atoms with Crippen molar-refractivity contribution >= 4 is 28.9 Å². The summed E-state index contributed by atoms with van der Waals surface area (Å²) in [7, 11) is 0. The Labute approximate surface area is 184 Å². The molecular formula is C24H21N5OS. The summed E-state index contributed by atoms with van der Waals surface area (Å²) in [4.78, 5) is 19.1. The quantitative estimate of drug-likeness (QED) is 0.467. The number of carbonyl (C=O) groups excluding carboxylic acids is 1. The van der Waals surface area contributed by atoms with Crippen molar-refractivity contribution in [2.24, 2.45) is 0 Å². The summed E-state index contributed by atoms with van der Waals surface area (Å²) in [5, 5.41) is 13.1. The van der Waals surface area contributed by atoms with Gasteiger partial charge in [-0.05, 0) is 43.0 Å². The summed E-state index contributed by atoms with van der Waals surface area (Å²) in [6.07, 6.45) is 0. The number of amides is 1. The molecule has 0 fully saturated rings. The van der Waals surface area contributed by atoms with Crippen molar-refractivity contribution in [3.05, 3.63) is 94.5 Å². The van der Waals surface area contributed by atoms with Crippen molar-refractivity contribution in [1.29, 1.82) is 0 Å². The molecule has 0 spiro atoms. The number of rotatable bonds is 4. The van der Waals surface area contributed by atoms with Crippen LogP contribution >= 0.6 is 11.3 Å². The molecule has 6 nitrogen and oxygen atoms in total. The van der Waals surface area contributed by atoms with E-state index in [0.717, 1.165) is 27.4 Å². The largest absolute Gasteiger partial charge is 0.328 e. The predicted octanol–water partition coefficient (Wildman–Crippen LogP) is 5.24. The molecule has 1 unspecified atom stereocenters. The second-order valence-corrected chi connectivity index (χ2v) is 8.43. The molecule has 0 saturated heterocycles. The monoisotopic (exact) mass is 427 g/mol. The molecule has 1 aliphatic rings. The highest BCUT2D eigenvalue weighted by molar-refractivity contribution is 7.13. The number of aryl methyl sites for hydroxylation is 1. The lowest BCUT2D eigenvalue weighted by Gasteiger charge is -2.29. The van der Waals surface area contributed by atoms with Gasteiger partial charge in [-0.3, -0.25) is 4.79 Å². The second kappa shape index (κ2) is 7.85. The van der Waals surface area contributed by atoms with Crippen molar-refractivity contribution in [3.63, 3.8) is 0 Å². The van der Waals surface area contributed by atoms with Gasteiger partial charge < -0.3 is 10.6 Å². The minimum atomic E-state index is -0.388. The molecule has 31 heavy (non-hydrogen) atoms. The Morgan fingerprint density at radius 1 is 1.06 bits per heavy atom. The molecule has 1 amide bonds. The fraction of sp³-hybridized carbons (Fsp3) is 0.125. The van der Waals surface area contributed by atoms with Crippen LogP contribution in [0.15, 0.2) is 83.4 Å². The van der Waals surface area contributed by atoms with Gasteiger partial charge in [-0.25, -0.2) is 4.68 Å². The van der Waals surface area contributed by atoms with E-state index >= 15 is 0 Å². The van der Waals surface area contributed by atoms with Crippen LogP contribution in [0.4, 0.5) is 11.6 Å². The maximum atomic E-state index is 13.4. The van der Waals surface area contributed by atoms with E-state index in [0.29, 0.717) is 17.3 Å². The molecule has 0 aliphatic carbocycles.